The third-order valence-corrected chi connectivity index (χ3v) is 3.33. The number of nitrogens with zero attached hydrogens (tertiary/aromatic N) is 1. The molecule has 5 nitrogen and oxygen atoms in total. The number of rotatable bonds is 3. The first-order chi connectivity index (χ1) is 10.7. The zero-order valence-electron chi connectivity index (χ0n) is 12.1. The lowest BCUT2D eigenvalue weighted by Crippen LogP contribution is -2.24. The Kier molecular flexibility index (Phi) is 3.87. The third kappa shape index (κ3) is 2.98. The van der Waals surface area contributed by atoms with Gasteiger partial charge < -0.3 is 10.3 Å². The number of aromatic amines is 1. The lowest BCUT2D eigenvalue weighted by atomic mass is 10.1. The van der Waals surface area contributed by atoms with Gasteiger partial charge in [0.05, 0.1) is 6.21 Å². The van der Waals surface area contributed by atoms with Gasteiger partial charge in [-0.15, -0.1) is 0 Å². The molecule has 0 aliphatic rings. The minimum absolute atomic E-state index is 0.375. The summed E-state index contributed by atoms with van der Waals surface area (Å²) in [6.07, 6.45) is 1.65. The van der Waals surface area contributed by atoms with Crippen LogP contribution in [0, 0.1) is 6.92 Å². The van der Waals surface area contributed by atoms with Crippen LogP contribution in [0.5, 0.6) is 0 Å². The highest BCUT2D eigenvalue weighted by Gasteiger charge is 2.05. The summed E-state index contributed by atoms with van der Waals surface area (Å²) >= 11 is 0. The number of aryl methyl sites for hydroxylation is 1. The summed E-state index contributed by atoms with van der Waals surface area (Å²) in [6, 6.07) is 16.8. The van der Waals surface area contributed by atoms with E-state index in [2.05, 4.69) is 20.8 Å². The molecule has 0 aliphatic carbocycles. The number of hydrazone groups is 1. The molecule has 0 bridgehead atoms. The van der Waals surface area contributed by atoms with Crippen LogP contribution in [0.25, 0.3) is 10.9 Å². The molecule has 1 heterocycles. The predicted molar refractivity (Wildman–Crippen MR) is 89.2 cm³/mol. The van der Waals surface area contributed by atoms with Crippen molar-refractivity contribution in [1.29, 1.82) is 0 Å². The Morgan fingerprint density at radius 1 is 1.09 bits per heavy atom. The fraction of sp³-hybridized carbons (Fsp3) is 0.0588. The maximum Gasteiger partial charge on any atom is 0.339 e. The molecule has 0 atom stereocenters. The molecular formula is C17H16N4O. The van der Waals surface area contributed by atoms with E-state index in [1.165, 1.54) is 0 Å². The van der Waals surface area contributed by atoms with Gasteiger partial charge in [0.1, 0.15) is 0 Å². The Morgan fingerprint density at radius 2 is 1.82 bits per heavy atom. The number of carbonyl (C=O) groups is 1. The number of fused-ring (bicyclic) bond motifs is 1. The molecule has 0 fully saturated rings. The van der Waals surface area contributed by atoms with Crippen molar-refractivity contribution in [1.82, 2.24) is 10.4 Å². The standard InChI is InChI=1S/C17H16N4O/c1-12-15(14-9-5-6-10-16(14)19-12)11-18-21-17(22)20-13-7-3-2-4-8-13/h2-11,19H,1H3,(H2,20,21,22)/b18-11-. The number of para-hydroxylation sites is 2. The quantitative estimate of drug-likeness (QED) is 0.500. The van der Waals surface area contributed by atoms with E-state index in [1.54, 1.807) is 6.21 Å². The van der Waals surface area contributed by atoms with Gasteiger partial charge in [-0.2, -0.15) is 5.10 Å². The first-order valence-electron chi connectivity index (χ1n) is 6.96. The molecule has 0 unspecified atom stereocenters. The van der Waals surface area contributed by atoms with Crippen LogP contribution in [0.2, 0.25) is 0 Å². The summed E-state index contributed by atoms with van der Waals surface area (Å²) in [4.78, 5) is 15.0. The number of nitrogens with one attached hydrogen (secondary N) is 3. The molecule has 0 radical (unpaired) electrons. The Hall–Kier alpha value is -3.08. The first-order valence-corrected chi connectivity index (χ1v) is 6.96. The van der Waals surface area contributed by atoms with Gasteiger partial charge in [-0.1, -0.05) is 36.4 Å². The van der Waals surface area contributed by atoms with Crippen LogP contribution in [-0.2, 0) is 0 Å². The second-order valence-corrected chi connectivity index (χ2v) is 4.90. The van der Waals surface area contributed by atoms with Crippen LogP contribution in [-0.4, -0.2) is 17.2 Å². The van der Waals surface area contributed by atoms with Crippen molar-refractivity contribution in [3.8, 4) is 0 Å². The van der Waals surface area contributed by atoms with Gasteiger partial charge in [-0.25, -0.2) is 10.2 Å². The smallest absolute Gasteiger partial charge is 0.339 e. The van der Waals surface area contributed by atoms with Crippen LogP contribution in [0.1, 0.15) is 11.3 Å². The zero-order valence-corrected chi connectivity index (χ0v) is 12.1. The monoisotopic (exact) mass is 292 g/mol. The minimum atomic E-state index is -0.375. The van der Waals surface area contributed by atoms with Gasteiger partial charge in [0.15, 0.2) is 0 Å². The number of benzene rings is 2. The number of hydrogen-bond acceptors (Lipinski definition) is 2. The van der Waals surface area contributed by atoms with Crippen molar-refractivity contribution in [2.75, 3.05) is 5.32 Å². The predicted octanol–water partition coefficient (Wildman–Crippen LogP) is 3.63. The molecular weight excluding hydrogens is 276 g/mol. The average molecular weight is 292 g/mol. The Labute approximate surface area is 128 Å². The van der Waals surface area contributed by atoms with Gasteiger partial charge in [0.25, 0.3) is 0 Å². The first kappa shape index (κ1) is 13.9. The SMILES string of the molecule is Cc1[nH]c2ccccc2c1/C=N\NC(=O)Nc1ccccc1. The lowest BCUT2D eigenvalue weighted by molar-refractivity contribution is 0.252. The highest BCUT2D eigenvalue weighted by Crippen LogP contribution is 2.19. The van der Waals surface area contributed by atoms with E-state index in [0.29, 0.717) is 0 Å². The molecule has 0 saturated heterocycles. The van der Waals surface area contributed by atoms with E-state index in [4.69, 9.17) is 0 Å². The van der Waals surface area contributed by atoms with Crippen molar-refractivity contribution >= 4 is 28.8 Å². The van der Waals surface area contributed by atoms with Crippen LogP contribution < -0.4 is 10.7 Å². The van der Waals surface area contributed by atoms with Crippen molar-refractivity contribution < 1.29 is 4.79 Å². The zero-order chi connectivity index (χ0) is 15.4. The summed E-state index contributed by atoms with van der Waals surface area (Å²) in [6.45, 7) is 1.98. The molecule has 22 heavy (non-hydrogen) atoms. The summed E-state index contributed by atoms with van der Waals surface area (Å²) < 4.78 is 0. The molecule has 110 valence electrons. The van der Waals surface area contributed by atoms with Crippen LogP contribution >= 0.6 is 0 Å². The van der Waals surface area contributed by atoms with E-state index < -0.39 is 0 Å². The van der Waals surface area contributed by atoms with E-state index in [9.17, 15) is 4.79 Å². The molecule has 3 rings (SSSR count). The van der Waals surface area contributed by atoms with Crippen LogP contribution in [0.3, 0.4) is 0 Å². The molecule has 3 N–H and O–H groups in total. The van der Waals surface area contributed by atoms with Gasteiger partial charge in [-0.05, 0) is 25.1 Å². The van der Waals surface area contributed by atoms with Crippen LogP contribution in [0.4, 0.5) is 10.5 Å². The average Bonchev–Trinajstić information content (AvgIpc) is 2.84. The number of anilines is 1. The van der Waals surface area contributed by atoms with E-state index >= 15 is 0 Å². The molecule has 5 heteroatoms. The number of urea groups is 1. The topological polar surface area (TPSA) is 69.3 Å². The fourth-order valence-electron chi connectivity index (χ4n) is 2.30. The van der Waals surface area contributed by atoms with Gasteiger partial charge in [0, 0.05) is 27.8 Å². The van der Waals surface area contributed by atoms with Crippen molar-refractivity contribution in [2.24, 2.45) is 5.10 Å². The Morgan fingerprint density at radius 3 is 2.64 bits per heavy atom. The Bertz CT molecular complexity index is 821. The highest BCUT2D eigenvalue weighted by atomic mass is 16.2. The Balaban J connectivity index is 1.69. The number of hydrogen-bond donors (Lipinski definition) is 3. The summed E-state index contributed by atoms with van der Waals surface area (Å²) in [5.41, 5.74) is 6.22. The summed E-state index contributed by atoms with van der Waals surface area (Å²) in [7, 11) is 0. The molecule has 1 aromatic heterocycles. The molecule has 2 amide bonds. The lowest BCUT2D eigenvalue weighted by Gasteiger charge is -2.03. The highest BCUT2D eigenvalue weighted by molar-refractivity contribution is 6.01. The normalized spacial score (nSPS) is 11.0. The van der Waals surface area contributed by atoms with Crippen molar-refractivity contribution in [2.45, 2.75) is 6.92 Å². The van der Waals surface area contributed by atoms with E-state index in [0.717, 1.165) is 27.8 Å². The number of H-pyrrole nitrogens is 1. The molecule has 2 aromatic carbocycles. The number of aromatic nitrogens is 1. The maximum atomic E-state index is 11.7. The van der Waals surface area contributed by atoms with Crippen molar-refractivity contribution in [3.05, 3.63) is 65.9 Å². The second kappa shape index (κ2) is 6.13. The van der Waals surface area contributed by atoms with E-state index in [1.807, 2.05) is 61.5 Å². The molecule has 3 aromatic rings. The van der Waals surface area contributed by atoms with Gasteiger partial charge in [0.2, 0.25) is 0 Å². The molecule has 0 saturated carbocycles. The van der Waals surface area contributed by atoms with Crippen molar-refractivity contribution in [3.63, 3.8) is 0 Å². The fourth-order valence-corrected chi connectivity index (χ4v) is 2.30. The summed E-state index contributed by atoms with van der Waals surface area (Å²) in [5, 5.41) is 7.79. The number of carbonyl (C=O) groups excluding carboxylic acids is 1. The largest absolute Gasteiger partial charge is 0.358 e. The second-order valence-electron chi connectivity index (χ2n) is 4.90. The summed E-state index contributed by atoms with van der Waals surface area (Å²) in [5.74, 6) is 0. The van der Waals surface area contributed by atoms with Crippen LogP contribution in [0.15, 0.2) is 59.7 Å². The van der Waals surface area contributed by atoms with Gasteiger partial charge in [-0.3, -0.25) is 0 Å². The van der Waals surface area contributed by atoms with Gasteiger partial charge >= 0.3 is 6.03 Å². The minimum Gasteiger partial charge on any atom is -0.358 e. The van der Waals surface area contributed by atoms with E-state index in [-0.39, 0.29) is 6.03 Å². The maximum absolute atomic E-state index is 11.7. The number of amides is 2. The third-order valence-electron chi connectivity index (χ3n) is 3.33. The molecule has 0 aliphatic heterocycles. The molecule has 0 spiro atoms.